The highest BCUT2D eigenvalue weighted by Gasteiger charge is 2.24. The number of hydrogen-bond acceptors (Lipinski definition) is 3. The highest BCUT2D eigenvalue weighted by atomic mass is 16.5. The van der Waals surface area contributed by atoms with Crippen molar-refractivity contribution in [2.24, 2.45) is 0 Å². The SMILES string of the molecule is CCn1c2ccccc2c2cc(/C=C/C(=O)N(CCC#N)C3CCOCC3)ccc21. The first-order valence-electron chi connectivity index (χ1n) is 10.7. The summed E-state index contributed by atoms with van der Waals surface area (Å²) in [5.74, 6) is -0.0340. The minimum atomic E-state index is -0.0340. The van der Waals surface area contributed by atoms with Gasteiger partial charge in [-0.2, -0.15) is 5.26 Å². The fourth-order valence-electron chi connectivity index (χ4n) is 4.42. The number of para-hydroxylation sites is 1. The topological polar surface area (TPSA) is 58.3 Å². The summed E-state index contributed by atoms with van der Waals surface area (Å²) in [6.45, 7) is 4.88. The van der Waals surface area contributed by atoms with Crippen LogP contribution in [0.2, 0.25) is 0 Å². The van der Waals surface area contributed by atoms with Crippen LogP contribution in [0.3, 0.4) is 0 Å². The van der Waals surface area contributed by atoms with Crippen LogP contribution in [0.5, 0.6) is 0 Å². The molecule has 1 amide bonds. The number of aryl methyl sites for hydroxylation is 1. The van der Waals surface area contributed by atoms with Gasteiger partial charge in [-0.05, 0) is 49.6 Å². The number of nitriles is 1. The maximum absolute atomic E-state index is 12.9. The molecular weight excluding hydrogens is 374 g/mol. The van der Waals surface area contributed by atoms with Crippen molar-refractivity contribution in [3.63, 3.8) is 0 Å². The Kier molecular flexibility index (Phi) is 6.15. The molecule has 0 aliphatic carbocycles. The van der Waals surface area contributed by atoms with Crippen LogP contribution in [0.15, 0.2) is 48.5 Å². The molecule has 154 valence electrons. The molecule has 2 aromatic carbocycles. The van der Waals surface area contributed by atoms with Gasteiger partial charge in [-0.1, -0.05) is 24.3 Å². The zero-order chi connectivity index (χ0) is 20.9. The minimum absolute atomic E-state index is 0.0340. The molecule has 2 heterocycles. The maximum atomic E-state index is 12.9. The van der Waals surface area contributed by atoms with Gasteiger partial charge in [0.2, 0.25) is 5.91 Å². The average molecular weight is 402 g/mol. The predicted octanol–water partition coefficient (Wildman–Crippen LogP) is 4.75. The Morgan fingerprint density at radius 2 is 1.97 bits per heavy atom. The lowest BCUT2D eigenvalue weighted by molar-refractivity contribution is -0.130. The summed E-state index contributed by atoms with van der Waals surface area (Å²) in [7, 11) is 0. The molecule has 5 heteroatoms. The van der Waals surface area contributed by atoms with Crippen molar-refractivity contribution in [1.29, 1.82) is 5.26 Å². The molecule has 1 fully saturated rings. The predicted molar refractivity (Wildman–Crippen MR) is 120 cm³/mol. The van der Waals surface area contributed by atoms with Gasteiger partial charge in [-0.15, -0.1) is 0 Å². The summed E-state index contributed by atoms with van der Waals surface area (Å²) >= 11 is 0. The Labute approximate surface area is 177 Å². The third-order valence-electron chi connectivity index (χ3n) is 5.91. The van der Waals surface area contributed by atoms with Crippen LogP contribution in [-0.2, 0) is 16.1 Å². The Bertz CT molecular complexity index is 1120. The first-order valence-corrected chi connectivity index (χ1v) is 10.7. The molecule has 1 aliphatic rings. The first-order chi connectivity index (χ1) is 14.7. The quantitative estimate of drug-likeness (QED) is 0.560. The molecule has 0 spiro atoms. The van der Waals surface area contributed by atoms with Gasteiger partial charge < -0.3 is 14.2 Å². The summed E-state index contributed by atoms with van der Waals surface area (Å²) in [5.41, 5.74) is 3.44. The van der Waals surface area contributed by atoms with Crippen molar-refractivity contribution in [3.8, 4) is 6.07 Å². The van der Waals surface area contributed by atoms with Gasteiger partial charge in [0.1, 0.15) is 0 Å². The standard InChI is InChI=1S/C25H27N3O2/c1-2-27-23-7-4-3-6-21(23)22-18-19(8-10-24(22)27)9-11-25(29)28(15-5-14-26)20-12-16-30-17-13-20/h3-4,6-11,18,20H,2,5,12-13,15-17H2,1H3/b11-9+. The largest absolute Gasteiger partial charge is 0.381 e. The number of ether oxygens (including phenoxy) is 1. The number of hydrogen-bond donors (Lipinski definition) is 0. The van der Waals surface area contributed by atoms with Crippen LogP contribution in [0, 0.1) is 11.3 Å². The highest BCUT2D eigenvalue weighted by molar-refractivity contribution is 6.08. The van der Waals surface area contributed by atoms with E-state index in [2.05, 4.69) is 60.0 Å². The van der Waals surface area contributed by atoms with Crippen LogP contribution in [-0.4, -0.2) is 41.2 Å². The molecule has 30 heavy (non-hydrogen) atoms. The van der Waals surface area contributed by atoms with Crippen LogP contribution < -0.4 is 0 Å². The number of carbonyl (C=O) groups is 1. The number of benzene rings is 2. The molecule has 0 atom stereocenters. The Balaban J connectivity index is 1.61. The third kappa shape index (κ3) is 3.96. The van der Waals surface area contributed by atoms with Crippen LogP contribution in [0.1, 0.15) is 31.7 Å². The summed E-state index contributed by atoms with van der Waals surface area (Å²) in [4.78, 5) is 14.8. The molecule has 3 aromatic rings. The van der Waals surface area contributed by atoms with Gasteiger partial charge in [0.05, 0.1) is 12.5 Å². The molecule has 0 unspecified atom stereocenters. The number of carbonyl (C=O) groups excluding carboxylic acids is 1. The van der Waals surface area contributed by atoms with Gasteiger partial charge in [0, 0.05) is 60.2 Å². The summed E-state index contributed by atoms with van der Waals surface area (Å²) < 4.78 is 7.75. The fourth-order valence-corrected chi connectivity index (χ4v) is 4.42. The van der Waals surface area contributed by atoms with Crippen LogP contribution in [0.4, 0.5) is 0 Å². The normalized spacial score (nSPS) is 15.1. The lowest BCUT2D eigenvalue weighted by Gasteiger charge is -2.33. The van der Waals surface area contributed by atoms with Crippen LogP contribution >= 0.6 is 0 Å². The van der Waals surface area contributed by atoms with E-state index in [1.54, 1.807) is 6.08 Å². The van der Waals surface area contributed by atoms with E-state index in [-0.39, 0.29) is 11.9 Å². The van der Waals surface area contributed by atoms with Crippen LogP contribution in [0.25, 0.3) is 27.9 Å². The molecule has 5 nitrogen and oxygen atoms in total. The lowest BCUT2D eigenvalue weighted by atomic mass is 10.1. The van der Waals surface area contributed by atoms with Gasteiger partial charge in [0.15, 0.2) is 0 Å². The molecular formula is C25H27N3O2. The lowest BCUT2D eigenvalue weighted by Crippen LogP contribution is -2.43. The van der Waals surface area contributed by atoms with Crippen molar-refractivity contribution in [2.75, 3.05) is 19.8 Å². The first kappa shape index (κ1) is 20.2. The van der Waals surface area contributed by atoms with Crippen molar-refractivity contribution in [1.82, 2.24) is 9.47 Å². The fraction of sp³-hybridized carbons (Fsp3) is 0.360. The molecule has 4 rings (SSSR count). The minimum Gasteiger partial charge on any atom is -0.381 e. The number of aromatic nitrogens is 1. The monoisotopic (exact) mass is 401 g/mol. The van der Waals surface area contributed by atoms with E-state index in [9.17, 15) is 4.79 Å². The molecule has 0 radical (unpaired) electrons. The molecule has 0 N–H and O–H groups in total. The van der Waals surface area contributed by atoms with Gasteiger partial charge in [-0.3, -0.25) is 4.79 Å². The van der Waals surface area contributed by atoms with Gasteiger partial charge >= 0.3 is 0 Å². The number of fused-ring (bicyclic) bond motifs is 3. The third-order valence-corrected chi connectivity index (χ3v) is 5.91. The zero-order valence-corrected chi connectivity index (χ0v) is 17.4. The van der Waals surface area contributed by atoms with Crippen molar-refractivity contribution < 1.29 is 9.53 Å². The van der Waals surface area contributed by atoms with E-state index in [0.717, 1.165) is 24.9 Å². The van der Waals surface area contributed by atoms with Crippen molar-refractivity contribution in [3.05, 3.63) is 54.1 Å². The summed E-state index contributed by atoms with van der Waals surface area (Å²) in [6, 6.07) is 17.1. The second-order valence-electron chi connectivity index (χ2n) is 7.65. The Morgan fingerprint density at radius 1 is 1.20 bits per heavy atom. The highest BCUT2D eigenvalue weighted by Crippen LogP contribution is 2.30. The van der Waals surface area contributed by atoms with Gasteiger partial charge in [-0.25, -0.2) is 0 Å². The Morgan fingerprint density at radius 3 is 2.73 bits per heavy atom. The Hall–Kier alpha value is -3.10. The number of nitrogens with zero attached hydrogens (tertiary/aromatic N) is 3. The molecule has 0 saturated carbocycles. The second kappa shape index (κ2) is 9.15. The number of rotatable bonds is 6. The van der Waals surface area contributed by atoms with E-state index in [1.165, 1.54) is 21.8 Å². The van der Waals surface area contributed by atoms with E-state index in [4.69, 9.17) is 10.00 Å². The zero-order valence-electron chi connectivity index (χ0n) is 17.4. The summed E-state index contributed by atoms with van der Waals surface area (Å²) in [6.07, 6.45) is 5.53. The maximum Gasteiger partial charge on any atom is 0.246 e. The summed E-state index contributed by atoms with van der Waals surface area (Å²) in [5, 5.41) is 11.4. The van der Waals surface area contributed by atoms with E-state index in [1.807, 2.05) is 11.0 Å². The van der Waals surface area contributed by atoms with E-state index in [0.29, 0.717) is 26.2 Å². The molecule has 0 bridgehead atoms. The van der Waals surface area contributed by atoms with E-state index < -0.39 is 0 Å². The van der Waals surface area contributed by atoms with Crippen molar-refractivity contribution in [2.45, 2.75) is 38.8 Å². The van der Waals surface area contributed by atoms with E-state index >= 15 is 0 Å². The number of amides is 1. The second-order valence-corrected chi connectivity index (χ2v) is 7.65. The molecule has 1 aromatic heterocycles. The van der Waals surface area contributed by atoms with Crippen molar-refractivity contribution >= 4 is 33.8 Å². The smallest absolute Gasteiger partial charge is 0.246 e. The molecule has 1 aliphatic heterocycles. The molecule has 1 saturated heterocycles. The van der Waals surface area contributed by atoms with Gasteiger partial charge in [0.25, 0.3) is 0 Å². The average Bonchev–Trinajstić information content (AvgIpc) is 3.11.